The minimum Gasteiger partial charge on any atom is -0.238 e. The Morgan fingerprint density at radius 3 is 2.71 bits per heavy atom. The van der Waals surface area contributed by atoms with Crippen molar-refractivity contribution in [1.82, 2.24) is 9.78 Å². The summed E-state index contributed by atoms with van der Waals surface area (Å²) < 4.78 is 1.94. The summed E-state index contributed by atoms with van der Waals surface area (Å²) in [6, 6.07) is 12.2. The van der Waals surface area contributed by atoms with Gasteiger partial charge < -0.3 is 0 Å². The molecule has 0 fully saturated rings. The Morgan fingerprint density at radius 1 is 1.29 bits per heavy atom. The van der Waals surface area contributed by atoms with Crippen molar-refractivity contribution in [2.45, 2.75) is 26.2 Å². The highest BCUT2D eigenvalue weighted by atomic mass is 15.3. The van der Waals surface area contributed by atoms with Gasteiger partial charge >= 0.3 is 0 Å². The van der Waals surface area contributed by atoms with Gasteiger partial charge in [-0.15, -0.1) is 0 Å². The molecule has 0 saturated carbocycles. The van der Waals surface area contributed by atoms with Gasteiger partial charge in [-0.05, 0) is 18.6 Å². The van der Waals surface area contributed by atoms with Gasteiger partial charge in [0, 0.05) is 11.3 Å². The highest BCUT2D eigenvalue weighted by molar-refractivity contribution is 5.35. The Balaban J connectivity index is 2.44. The summed E-state index contributed by atoms with van der Waals surface area (Å²) in [5, 5.41) is 13.2. The summed E-state index contributed by atoms with van der Waals surface area (Å²) in [7, 11) is 0. The predicted octanol–water partition coefficient (Wildman–Crippen LogP) is 2.89. The van der Waals surface area contributed by atoms with Gasteiger partial charge in [0.1, 0.15) is 0 Å². The summed E-state index contributed by atoms with van der Waals surface area (Å²) >= 11 is 0. The first-order valence-electron chi connectivity index (χ1n) is 5.85. The molecular formula is C14H15N3. The average molecular weight is 225 g/mol. The molecule has 0 unspecified atom stereocenters. The van der Waals surface area contributed by atoms with E-state index in [2.05, 4.69) is 18.1 Å². The Morgan fingerprint density at radius 2 is 2.06 bits per heavy atom. The number of nitriles is 1. The lowest BCUT2D eigenvalue weighted by molar-refractivity contribution is 0.770. The van der Waals surface area contributed by atoms with Gasteiger partial charge in [-0.1, -0.05) is 31.5 Å². The van der Waals surface area contributed by atoms with Crippen LogP contribution in [0.4, 0.5) is 0 Å². The third kappa shape index (κ3) is 2.36. The molecule has 1 aromatic heterocycles. The van der Waals surface area contributed by atoms with Gasteiger partial charge in [-0.2, -0.15) is 10.4 Å². The second kappa shape index (κ2) is 5.31. The summed E-state index contributed by atoms with van der Waals surface area (Å²) in [5.74, 6) is 0. The number of hydrogen-bond donors (Lipinski definition) is 0. The second-order valence-corrected chi connectivity index (χ2v) is 3.95. The van der Waals surface area contributed by atoms with Crippen molar-refractivity contribution in [3.8, 4) is 11.8 Å². The lowest BCUT2D eigenvalue weighted by atomic mass is 10.1. The van der Waals surface area contributed by atoms with Crippen molar-refractivity contribution in [3.05, 3.63) is 47.8 Å². The minimum atomic E-state index is 0.433. The molecule has 1 aromatic carbocycles. The molecule has 0 N–H and O–H groups in total. The molecule has 0 aliphatic heterocycles. The molecule has 2 rings (SSSR count). The smallest absolute Gasteiger partial charge is 0.0671 e. The number of aromatic nitrogens is 2. The van der Waals surface area contributed by atoms with Crippen LogP contribution in [0.1, 0.15) is 24.6 Å². The fraction of sp³-hybridized carbons (Fsp3) is 0.286. The maximum atomic E-state index is 8.81. The summed E-state index contributed by atoms with van der Waals surface area (Å²) in [6.07, 6.45) is 4.24. The number of benzene rings is 1. The summed E-state index contributed by atoms with van der Waals surface area (Å²) in [4.78, 5) is 0. The molecule has 3 nitrogen and oxygen atoms in total. The number of nitrogens with zero attached hydrogens (tertiary/aromatic N) is 3. The molecule has 1 heterocycles. The molecule has 0 amide bonds. The van der Waals surface area contributed by atoms with Crippen molar-refractivity contribution in [2.24, 2.45) is 0 Å². The van der Waals surface area contributed by atoms with Gasteiger partial charge in [-0.3, -0.25) is 0 Å². The van der Waals surface area contributed by atoms with E-state index in [1.807, 2.05) is 35.0 Å². The predicted molar refractivity (Wildman–Crippen MR) is 66.9 cm³/mol. The third-order valence-corrected chi connectivity index (χ3v) is 2.71. The van der Waals surface area contributed by atoms with Crippen LogP contribution in [0.3, 0.4) is 0 Å². The molecule has 0 aliphatic carbocycles. The molecule has 0 radical (unpaired) electrons. The van der Waals surface area contributed by atoms with E-state index in [9.17, 15) is 0 Å². The monoisotopic (exact) mass is 225 g/mol. The maximum absolute atomic E-state index is 8.81. The highest BCUT2D eigenvalue weighted by Gasteiger charge is 2.10. The van der Waals surface area contributed by atoms with E-state index in [-0.39, 0.29) is 0 Å². The molecule has 0 atom stereocenters. The van der Waals surface area contributed by atoms with Crippen LogP contribution in [-0.2, 0) is 12.8 Å². The number of para-hydroxylation sites is 1. The standard InChI is InChI=1S/C14H15N3/c1-2-6-14-12(9-10-15)11-16-17(14)13-7-4-3-5-8-13/h3-5,7-8,11H,2,6,9H2,1H3. The zero-order valence-corrected chi connectivity index (χ0v) is 9.93. The van der Waals surface area contributed by atoms with Gasteiger partial charge in [0.05, 0.1) is 24.4 Å². The zero-order chi connectivity index (χ0) is 12.1. The Kier molecular flexibility index (Phi) is 3.56. The highest BCUT2D eigenvalue weighted by Crippen LogP contribution is 2.16. The van der Waals surface area contributed by atoms with Crippen LogP contribution >= 0.6 is 0 Å². The lowest BCUT2D eigenvalue weighted by Crippen LogP contribution is -2.03. The molecule has 3 heteroatoms. The van der Waals surface area contributed by atoms with Crippen molar-refractivity contribution >= 4 is 0 Å². The number of hydrogen-bond acceptors (Lipinski definition) is 2. The van der Waals surface area contributed by atoms with Crippen molar-refractivity contribution in [2.75, 3.05) is 0 Å². The van der Waals surface area contributed by atoms with Crippen molar-refractivity contribution in [1.29, 1.82) is 5.26 Å². The van der Waals surface area contributed by atoms with Gasteiger partial charge in [0.2, 0.25) is 0 Å². The largest absolute Gasteiger partial charge is 0.238 e. The van der Waals surface area contributed by atoms with Crippen molar-refractivity contribution in [3.63, 3.8) is 0 Å². The lowest BCUT2D eigenvalue weighted by Gasteiger charge is -2.07. The maximum Gasteiger partial charge on any atom is 0.0671 e. The van der Waals surface area contributed by atoms with Crippen LogP contribution in [0.5, 0.6) is 0 Å². The Labute approximate surface area is 101 Å². The van der Waals surface area contributed by atoms with E-state index < -0.39 is 0 Å². The van der Waals surface area contributed by atoms with Crippen LogP contribution in [0.15, 0.2) is 36.5 Å². The van der Waals surface area contributed by atoms with Crippen LogP contribution in [-0.4, -0.2) is 9.78 Å². The minimum absolute atomic E-state index is 0.433. The Bertz CT molecular complexity index is 520. The van der Waals surface area contributed by atoms with Crippen LogP contribution in [0.2, 0.25) is 0 Å². The fourth-order valence-corrected chi connectivity index (χ4v) is 1.94. The first kappa shape index (κ1) is 11.4. The summed E-state index contributed by atoms with van der Waals surface area (Å²) in [5.41, 5.74) is 3.25. The van der Waals surface area contributed by atoms with E-state index in [1.165, 1.54) is 0 Å². The molecule has 2 aromatic rings. The Hall–Kier alpha value is -2.08. The molecule has 0 aliphatic rings. The third-order valence-electron chi connectivity index (χ3n) is 2.71. The van der Waals surface area contributed by atoms with Crippen molar-refractivity contribution < 1.29 is 0 Å². The van der Waals surface area contributed by atoms with E-state index in [1.54, 1.807) is 6.20 Å². The van der Waals surface area contributed by atoms with Gasteiger partial charge in [-0.25, -0.2) is 4.68 Å². The zero-order valence-electron chi connectivity index (χ0n) is 9.93. The van der Waals surface area contributed by atoms with E-state index in [0.29, 0.717) is 6.42 Å². The molecule has 0 spiro atoms. The van der Waals surface area contributed by atoms with E-state index >= 15 is 0 Å². The molecule has 86 valence electrons. The van der Waals surface area contributed by atoms with Gasteiger partial charge in [0.15, 0.2) is 0 Å². The first-order valence-corrected chi connectivity index (χ1v) is 5.85. The fourth-order valence-electron chi connectivity index (χ4n) is 1.94. The molecular weight excluding hydrogens is 210 g/mol. The van der Waals surface area contributed by atoms with Crippen LogP contribution in [0.25, 0.3) is 5.69 Å². The molecule has 0 saturated heterocycles. The van der Waals surface area contributed by atoms with Crippen LogP contribution < -0.4 is 0 Å². The quantitative estimate of drug-likeness (QED) is 0.802. The average Bonchev–Trinajstić information content (AvgIpc) is 2.75. The van der Waals surface area contributed by atoms with Crippen LogP contribution in [0, 0.1) is 11.3 Å². The van der Waals surface area contributed by atoms with E-state index in [4.69, 9.17) is 5.26 Å². The first-order chi connectivity index (χ1) is 8.36. The molecule has 17 heavy (non-hydrogen) atoms. The van der Waals surface area contributed by atoms with E-state index in [0.717, 1.165) is 29.8 Å². The van der Waals surface area contributed by atoms with Gasteiger partial charge in [0.25, 0.3) is 0 Å². The number of rotatable bonds is 4. The second-order valence-electron chi connectivity index (χ2n) is 3.95. The topological polar surface area (TPSA) is 41.6 Å². The SMILES string of the molecule is CCCc1c(CC#N)cnn1-c1ccccc1. The summed E-state index contributed by atoms with van der Waals surface area (Å²) in [6.45, 7) is 2.14. The molecule has 0 bridgehead atoms. The normalized spacial score (nSPS) is 10.1.